The molecule has 1 aromatic carbocycles. The monoisotopic (exact) mass is 381 g/mol. The van der Waals surface area contributed by atoms with Crippen LogP contribution < -0.4 is 15.8 Å². The van der Waals surface area contributed by atoms with E-state index in [0.717, 1.165) is 32.1 Å². The predicted octanol–water partition coefficient (Wildman–Crippen LogP) is 1.94. The zero-order valence-corrected chi connectivity index (χ0v) is 15.9. The molecule has 0 radical (unpaired) electrons. The van der Waals surface area contributed by atoms with Gasteiger partial charge in [0.1, 0.15) is 10.6 Å². The van der Waals surface area contributed by atoms with Gasteiger partial charge in [0.25, 0.3) is 0 Å². The molecule has 1 heterocycles. The van der Waals surface area contributed by atoms with Crippen molar-refractivity contribution in [1.29, 1.82) is 0 Å². The summed E-state index contributed by atoms with van der Waals surface area (Å²) >= 11 is 0. The van der Waals surface area contributed by atoms with E-state index in [1.165, 1.54) is 17.5 Å². The van der Waals surface area contributed by atoms with E-state index in [0.29, 0.717) is 25.2 Å². The van der Waals surface area contributed by atoms with Gasteiger partial charge in [0.15, 0.2) is 0 Å². The van der Waals surface area contributed by atoms with Crippen LogP contribution in [0.4, 0.5) is 5.69 Å². The Morgan fingerprint density at radius 1 is 1.23 bits per heavy atom. The highest BCUT2D eigenvalue weighted by Gasteiger charge is 2.31. The van der Waals surface area contributed by atoms with Crippen molar-refractivity contribution in [2.75, 3.05) is 25.5 Å². The van der Waals surface area contributed by atoms with E-state index < -0.39 is 10.0 Å². The number of nitrogens with one attached hydrogen (secondary N) is 1. The normalized spacial score (nSPS) is 24.4. The van der Waals surface area contributed by atoms with Gasteiger partial charge in [0, 0.05) is 30.7 Å². The highest BCUT2D eigenvalue weighted by molar-refractivity contribution is 7.89. The number of nitrogens with two attached hydrogens (primary N) is 1. The molecular weight excluding hydrogens is 354 g/mol. The number of nitrogens with zero attached hydrogens (tertiary/aromatic N) is 1. The third kappa shape index (κ3) is 4.02. The molecule has 1 amide bonds. The SMILES string of the molecule is COc1ccc(NC(=O)C2CCC(N)C2)cc1S(=O)(=O)N1CCCCC1. The maximum Gasteiger partial charge on any atom is 0.246 e. The van der Waals surface area contributed by atoms with E-state index in [1.807, 2.05) is 0 Å². The Labute approximate surface area is 154 Å². The van der Waals surface area contributed by atoms with E-state index in [9.17, 15) is 13.2 Å². The fourth-order valence-corrected chi connectivity index (χ4v) is 5.40. The second kappa shape index (κ2) is 7.94. The Hall–Kier alpha value is -1.64. The van der Waals surface area contributed by atoms with Gasteiger partial charge >= 0.3 is 0 Å². The molecule has 7 nitrogen and oxygen atoms in total. The van der Waals surface area contributed by atoms with Gasteiger partial charge in [-0.1, -0.05) is 6.42 Å². The minimum Gasteiger partial charge on any atom is -0.495 e. The fraction of sp³-hybridized carbons (Fsp3) is 0.611. The first-order valence-electron chi connectivity index (χ1n) is 9.16. The zero-order valence-electron chi connectivity index (χ0n) is 15.1. The third-order valence-corrected chi connectivity index (χ3v) is 7.13. The molecule has 2 atom stereocenters. The zero-order chi connectivity index (χ0) is 18.7. The van der Waals surface area contributed by atoms with Crippen LogP contribution in [0.5, 0.6) is 5.75 Å². The molecule has 26 heavy (non-hydrogen) atoms. The Bertz CT molecular complexity index is 760. The number of sulfonamides is 1. The lowest BCUT2D eigenvalue weighted by atomic mass is 10.1. The largest absolute Gasteiger partial charge is 0.495 e. The lowest BCUT2D eigenvalue weighted by molar-refractivity contribution is -0.119. The summed E-state index contributed by atoms with van der Waals surface area (Å²) in [5.41, 5.74) is 6.34. The highest BCUT2D eigenvalue weighted by atomic mass is 32.2. The van der Waals surface area contributed by atoms with Crippen LogP contribution in [-0.2, 0) is 14.8 Å². The van der Waals surface area contributed by atoms with Crippen LogP contribution in [-0.4, -0.2) is 44.9 Å². The van der Waals surface area contributed by atoms with Crippen molar-refractivity contribution in [3.63, 3.8) is 0 Å². The highest BCUT2D eigenvalue weighted by Crippen LogP contribution is 2.32. The van der Waals surface area contributed by atoms with Crippen molar-refractivity contribution >= 4 is 21.6 Å². The lowest BCUT2D eigenvalue weighted by Gasteiger charge is -2.26. The summed E-state index contributed by atoms with van der Waals surface area (Å²) in [6.07, 6.45) is 5.04. The quantitative estimate of drug-likeness (QED) is 0.811. The van der Waals surface area contributed by atoms with Crippen LogP contribution in [0.15, 0.2) is 23.1 Å². The maximum absolute atomic E-state index is 13.0. The van der Waals surface area contributed by atoms with Crippen LogP contribution in [0, 0.1) is 5.92 Å². The number of carbonyl (C=O) groups excluding carboxylic acids is 1. The second-order valence-corrected chi connectivity index (χ2v) is 9.00. The Morgan fingerprint density at radius 3 is 2.58 bits per heavy atom. The van der Waals surface area contributed by atoms with Gasteiger partial charge in [-0.2, -0.15) is 4.31 Å². The van der Waals surface area contributed by atoms with Gasteiger partial charge in [-0.25, -0.2) is 8.42 Å². The molecule has 1 aliphatic carbocycles. The molecule has 2 fully saturated rings. The third-order valence-electron chi connectivity index (χ3n) is 5.21. The lowest BCUT2D eigenvalue weighted by Crippen LogP contribution is -2.35. The number of ether oxygens (including phenoxy) is 1. The van der Waals surface area contributed by atoms with Crippen molar-refractivity contribution in [2.24, 2.45) is 11.7 Å². The number of anilines is 1. The van der Waals surface area contributed by atoms with E-state index in [1.54, 1.807) is 12.1 Å². The molecule has 3 rings (SSSR count). The molecule has 144 valence electrons. The summed E-state index contributed by atoms with van der Waals surface area (Å²) in [6, 6.07) is 4.82. The standard InChI is InChI=1S/C18H27N3O4S/c1-25-16-8-7-15(20-18(22)13-5-6-14(19)11-13)12-17(16)26(23,24)21-9-3-2-4-10-21/h7-8,12-14H,2-6,9-11,19H2,1H3,(H,20,22). The number of piperidine rings is 1. The van der Waals surface area contributed by atoms with Gasteiger partial charge in [-0.15, -0.1) is 0 Å². The van der Waals surface area contributed by atoms with Crippen LogP contribution in [0.1, 0.15) is 38.5 Å². The average Bonchev–Trinajstić information content (AvgIpc) is 3.09. The van der Waals surface area contributed by atoms with Crippen LogP contribution >= 0.6 is 0 Å². The molecule has 0 spiro atoms. The first-order chi connectivity index (χ1) is 12.4. The summed E-state index contributed by atoms with van der Waals surface area (Å²) in [6.45, 7) is 1.03. The molecule has 1 saturated carbocycles. The van der Waals surface area contributed by atoms with Gasteiger partial charge in [0.2, 0.25) is 15.9 Å². The van der Waals surface area contributed by atoms with Crippen LogP contribution in [0.2, 0.25) is 0 Å². The van der Waals surface area contributed by atoms with Gasteiger partial charge in [-0.05, 0) is 50.3 Å². The van der Waals surface area contributed by atoms with Gasteiger partial charge in [0.05, 0.1) is 7.11 Å². The minimum atomic E-state index is -3.65. The molecule has 0 aromatic heterocycles. The summed E-state index contributed by atoms with van der Waals surface area (Å²) < 4.78 is 32.8. The molecule has 1 aromatic rings. The fourth-order valence-electron chi connectivity index (χ4n) is 3.70. The molecule has 8 heteroatoms. The summed E-state index contributed by atoms with van der Waals surface area (Å²) in [5.74, 6) is 0.0650. The van der Waals surface area contributed by atoms with Gasteiger partial charge in [-0.3, -0.25) is 4.79 Å². The molecule has 1 saturated heterocycles. The van der Waals surface area contributed by atoms with Crippen molar-refractivity contribution in [3.8, 4) is 5.75 Å². The van der Waals surface area contributed by atoms with E-state index >= 15 is 0 Å². The Kier molecular flexibility index (Phi) is 5.84. The van der Waals surface area contributed by atoms with Crippen molar-refractivity contribution in [3.05, 3.63) is 18.2 Å². The maximum atomic E-state index is 13.0. The van der Waals surface area contributed by atoms with E-state index in [2.05, 4.69) is 5.32 Å². The summed E-state index contributed by atoms with van der Waals surface area (Å²) in [5, 5.41) is 2.84. The number of hydrogen-bond acceptors (Lipinski definition) is 5. The first kappa shape index (κ1) is 19.1. The minimum absolute atomic E-state index is 0.0663. The van der Waals surface area contributed by atoms with E-state index in [-0.39, 0.29) is 28.5 Å². The van der Waals surface area contributed by atoms with E-state index in [4.69, 9.17) is 10.5 Å². The molecule has 1 aliphatic heterocycles. The first-order valence-corrected chi connectivity index (χ1v) is 10.6. The number of benzene rings is 1. The number of methoxy groups -OCH3 is 1. The summed E-state index contributed by atoms with van der Waals surface area (Å²) in [4.78, 5) is 12.5. The van der Waals surface area contributed by atoms with Crippen molar-refractivity contribution < 1.29 is 17.9 Å². The predicted molar refractivity (Wildman–Crippen MR) is 99.5 cm³/mol. The van der Waals surface area contributed by atoms with Crippen LogP contribution in [0.3, 0.4) is 0 Å². The second-order valence-electron chi connectivity index (χ2n) is 7.09. The molecule has 2 aliphatic rings. The van der Waals surface area contributed by atoms with Crippen molar-refractivity contribution in [1.82, 2.24) is 4.31 Å². The number of carbonyl (C=O) groups is 1. The molecule has 2 unspecified atom stereocenters. The Balaban J connectivity index is 1.83. The topological polar surface area (TPSA) is 102 Å². The smallest absolute Gasteiger partial charge is 0.246 e. The number of amides is 1. The van der Waals surface area contributed by atoms with Gasteiger partial charge < -0.3 is 15.8 Å². The Morgan fingerprint density at radius 2 is 1.96 bits per heavy atom. The van der Waals surface area contributed by atoms with Crippen molar-refractivity contribution in [2.45, 2.75) is 49.5 Å². The average molecular weight is 381 g/mol. The van der Waals surface area contributed by atoms with Crippen LogP contribution in [0.25, 0.3) is 0 Å². The molecule has 0 bridgehead atoms. The molecular formula is C18H27N3O4S. The summed E-state index contributed by atoms with van der Waals surface area (Å²) in [7, 11) is -2.21. The number of hydrogen-bond donors (Lipinski definition) is 2. The molecule has 3 N–H and O–H groups in total. The number of rotatable bonds is 5.